The summed E-state index contributed by atoms with van der Waals surface area (Å²) in [4.78, 5) is 16.8. The number of pyridine rings is 1. The van der Waals surface area contributed by atoms with Crippen LogP contribution in [0.15, 0.2) is 36.5 Å². The van der Waals surface area contributed by atoms with Crippen molar-refractivity contribution >= 4 is 5.91 Å². The van der Waals surface area contributed by atoms with Gasteiger partial charge < -0.3 is 10.1 Å². The molecule has 1 aliphatic carbocycles. The zero-order chi connectivity index (χ0) is 16.9. The van der Waals surface area contributed by atoms with Crippen molar-refractivity contribution in [2.75, 3.05) is 0 Å². The van der Waals surface area contributed by atoms with E-state index in [9.17, 15) is 4.79 Å². The predicted octanol–water partition coefficient (Wildman–Crippen LogP) is 3.95. The highest BCUT2D eigenvalue weighted by Gasteiger charge is 2.19. The average molecular weight is 324 g/mol. The highest BCUT2D eigenvalue weighted by Crippen LogP contribution is 2.25. The van der Waals surface area contributed by atoms with Crippen LogP contribution in [-0.2, 0) is 6.54 Å². The molecule has 1 aliphatic rings. The number of hydrogen-bond acceptors (Lipinski definition) is 3. The van der Waals surface area contributed by atoms with Gasteiger partial charge in [-0.1, -0.05) is 18.2 Å². The van der Waals surface area contributed by atoms with E-state index in [1.807, 2.05) is 44.2 Å². The molecule has 4 heteroatoms. The zero-order valence-corrected chi connectivity index (χ0v) is 14.3. The van der Waals surface area contributed by atoms with E-state index in [1.54, 1.807) is 6.20 Å². The molecular formula is C20H24N2O2. The first-order chi connectivity index (χ1) is 11.6. The molecule has 0 radical (unpaired) electrons. The van der Waals surface area contributed by atoms with Crippen molar-refractivity contribution in [3.8, 4) is 5.88 Å². The van der Waals surface area contributed by atoms with Gasteiger partial charge in [-0.25, -0.2) is 4.98 Å². The smallest absolute Gasteiger partial charge is 0.251 e. The van der Waals surface area contributed by atoms with Gasteiger partial charge in [0.05, 0.1) is 0 Å². The number of rotatable bonds is 5. The number of hydrogen-bond donors (Lipinski definition) is 1. The number of nitrogens with one attached hydrogen (secondary N) is 1. The van der Waals surface area contributed by atoms with Gasteiger partial charge >= 0.3 is 0 Å². The van der Waals surface area contributed by atoms with Crippen LogP contribution in [-0.4, -0.2) is 17.0 Å². The van der Waals surface area contributed by atoms with Crippen LogP contribution >= 0.6 is 0 Å². The standard InChI is InChI=1S/C20H24N2O2/c1-14-7-5-11-18(15(14)2)19(23)22-13-16-8-6-12-21-20(16)24-17-9-3-4-10-17/h5-8,11-12,17H,3-4,9-10,13H2,1-2H3,(H,22,23). The first-order valence-corrected chi connectivity index (χ1v) is 8.60. The van der Waals surface area contributed by atoms with Crippen LogP contribution in [0.4, 0.5) is 0 Å². The summed E-state index contributed by atoms with van der Waals surface area (Å²) < 4.78 is 6.02. The third kappa shape index (κ3) is 3.75. The molecule has 0 atom stereocenters. The Kier molecular flexibility index (Phi) is 5.14. The Morgan fingerprint density at radius 1 is 1.21 bits per heavy atom. The average Bonchev–Trinajstić information content (AvgIpc) is 3.09. The van der Waals surface area contributed by atoms with Crippen LogP contribution < -0.4 is 10.1 Å². The van der Waals surface area contributed by atoms with Gasteiger partial charge in [0, 0.05) is 23.9 Å². The van der Waals surface area contributed by atoms with Crippen molar-refractivity contribution in [2.45, 2.75) is 52.2 Å². The van der Waals surface area contributed by atoms with Crippen LogP contribution in [0.5, 0.6) is 5.88 Å². The predicted molar refractivity (Wildman–Crippen MR) is 94.2 cm³/mol. The van der Waals surface area contributed by atoms with E-state index in [1.165, 1.54) is 12.8 Å². The van der Waals surface area contributed by atoms with E-state index < -0.39 is 0 Å². The Bertz CT molecular complexity index is 721. The lowest BCUT2D eigenvalue weighted by Gasteiger charge is -2.16. The number of benzene rings is 1. The van der Waals surface area contributed by atoms with E-state index in [-0.39, 0.29) is 12.0 Å². The van der Waals surface area contributed by atoms with E-state index >= 15 is 0 Å². The second-order valence-electron chi connectivity index (χ2n) is 6.42. The normalized spacial score (nSPS) is 14.6. The third-order valence-corrected chi connectivity index (χ3v) is 4.72. The summed E-state index contributed by atoms with van der Waals surface area (Å²) in [6.45, 7) is 4.41. The Balaban J connectivity index is 1.68. The summed E-state index contributed by atoms with van der Waals surface area (Å²) in [5.41, 5.74) is 3.78. The third-order valence-electron chi connectivity index (χ3n) is 4.72. The van der Waals surface area contributed by atoms with Crippen LogP contribution in [0.25, 0.3) is 0 Å². The number of ether oxygens (including phenoxy) is 1. The molecule has 3 rings (SSSR count). The summed E-state index contributed by atoms with van der Waals surface area (Å²) >= 11 is 0. The molecule has 1 amide bonds. The van der Waals surface area contributed by atoms with E-state index in [0.29, 0.717) is 12.4 Å². The molecule has 0 aliphatic heterocycles. The van der Waals surface area contributed by atoms with Gasteiger partial charge in [-0.05, 0) is 62.8 Å². The minimum atomic E-state index is -0.0631. The molecule has 0 unspecified atom stereocenters. The Morgan fingerprint density at radius 3 is 2.79 bits per heavy atom. The minimum Gasteiger partial charge on any atom is -0.474 e. The van der Waals surface area contributed by atoms with Crippen LogP contribution in [0.2, 0.25) is 0 Å². The summed E-state index contributed by atoms with van der Waals surface area (Å²) in [7, 11) is 0. The molecule has 1 heterocycles. The summed E-state index contributed by atoms with van der Waals surface area (Å²) in [6.07, 6.45) is 6.61. The highest BCUT2D eigenvalue weighted by atomic mass is 16.5. The molecule has 4 nitrogen and oxygen atoms in total. The second-order valence-corrected chi connectivity index (χ2v) is 6.42. The molecule has 1 aromatic carbocycles. The van der Waals surface area contributed by atoms with Gasteiger partial charge in [0.15, 0.2) is 0 Å². The fourth-order valence-corrected chi connectivity index (χ4v) is 3.10. The van der Waals surface area contributed by atoms with Crippen LogP contribution in [0, 0.1) is 13.8 Å². The van der Waals surface area contributed by atoms with Crippen LogP contribution in [0.1, 0.15) is 52.7 Å². The lowest BCUT2D eigenvalue weighted by molar-refractivity contribution is 0.0949. The molecule has 1 N–H and O–H groups in total. The van der Waals surface area contributed by atoms with Crippen molar-refractivity contribution in [3.05, 3.63) is 58.8 Å². The maximum absolute atomic E-state index is 12.5. The summed E-state index contributed by atoms with van der Waals surface area (Å²) in [5.74, 6) is 0.581. The summed E-state index contributed by atoms with van der Waals surface area (Å²) in [5, 5.41) is 2.99. The molecule has 0 spiro atoms. The zero-order valence-electron chi connectivity index (χ0n) is 14.3. The molecule has 0 bridgehead atoms. The van der Waals surface area contributed by atoms with Gasteiger partial charge in [0.2, 0.25) is 5.88 Å². The van der Waals surface area contributed by atoms with Crippen molar-refractivity contribution in [1.29, 1.82) is 0 Å². The lowest BCUT2D eigenvalue weighted by atomic mass is 10.0. The quantitative estimate of drug-likeness (QED) is 0.906. The number of aryl methyl sites for hydroxylation is 1. The Morgan fingerprint density at radius 2 is 2.00 bits per heavy atom. The van der Waals surface area contributed by atoms with E-state index in [2.05, 4.69) is 10.3 Å². The number of carbonyl (C=O) groups excluding carboxylic acids is 1. The summed E-state index contributed by atoms with van der Waals surface area (Å²) in [6, 6.07) is 9.62. The molecule has 126 valence electrons. The number of nitrogens with zero attached hydrogens (tertiary/aromatic N) is 1. The fraction of sp³-hybridized carbons (Fsp3) is 0.400. The maximum atomic E-state index is 12.5. The first-order valence-electron chi connectivity index (χ1n) is 8.60. The van der Waals surface area contributed by atoms with Crippen molar-refractivity contribution in [1.82, 2.24) is 10.3 Å². The minimum absolute atomic E-state index is 0.0631. The molecule has 2 aromatic rings. The van der Waals surface area contributed by atoms with Crippen molar-refractivity contribution in [2.24, 2.45) is 0 Å². The van der Waals surface area contributed by atoms with E-state index in [0.717, 1.165) is 35.1 Å². The molecule has 0 saturated heterocycles. The van der Waals surface area contributed by atoms with Crippen LogP contribution in [0.3, 0.4) is 0 Å². The Labute approximate surface area is 143 Å². The number of aromatic nitrogens is 1. The van der Waals surface area contributed by atoms with Gasteiger partial charge in [0.1, 0.15) is 6.10 Å². The highest BCUT2D eigenvalue weighted by molar-refractivity contribution is 5.95. The SMILES string of the molecule is Cc1cccc(C(=O)NCc2cccnc2OC2CCCC2)c1C. The second kappa shape index (κ2) is 7.47. The van der Waals surface area contributed by atoms with Crippen molar-refractivity contribution in [3.63, 3.8) is 0 Å². The molecular weight excluding hydrogens is 300 g/mol. The van der Waals surface area contributed by atoms with Gasteiger partial charge in [-0.2, -0.15) is 0 Å². The topological polar surface area (TPSA) is 51.2 Å². The van der Waals surface area contributed by atoms with Gasteiger partial charge in [-0.15, -0.1) is 0 Å². The molecule has 24 heavy (non-hydrogen) atoms. The molecule has 1 aromatic heterocycles. The maximum Gasteiger partial charge on any atom is 0.251 e. The fourth-order valence-electron chi connectivity index (χ4n) is 3.10. The lowest BCUT2D eigenvalue weighted by Crippen LogP contribution is -2.24. The number of amides is 1. The van der Waals surface area contributed by atoms with Gasteiger partial charge in [0.25, 0.3) is 5.91 Å². The number of carbonyl (C=O) groups is 1. The van der Waals surface area contributed by atoms with Crippen molar-refractivity contribution < 1.29 is 9.53 Å². The first kappa shape index (κ1) is 16.5. The molecule has 1 saturated carbocycles. The monoisotopic (exact) mass is 324 g/mol. The molecule has 1 fully saturated rings. The Hall–Kier alpha value is -2.36. The van der Waals surface area contributed by atoms with Gasteiger partial charge in [-0.3, -0.25) is 4.79 Å². The van der Waals surface area contributed by atoms with E-state index in [4.69, 9.17) is 4.74 Å². The largest absolute Gasteiger partial charge is 0.474 e.